The third kappa shape index (κ3) is 3.24. The SMILES string of the molecule is Cn1nc(-c2cc(C(F)(F)F)c(F)c(O)c2F)c2ccc(N3CCNCC3)nc21. The molecule has 3 heterocycles. The van der Waals surface area contributed by atoms with Gasteiger partial charge in [-0.15, -0.1) is 0 Å². The molecule has 0 aliphatic carbocycles. The van der Waals surface area contributed by atoms with Gasteiger partial charge < -0.3 is 15.3 Å². The van der Waals surface area contributed by atoms with Crippen LogP contribution in [0.4, 0.5) is 27.8 Å². The molecular weight excluding hydrogens is 397 g/mol. The third-order valence-electron chi connectivity index (χ3n) is 4.85. The smallest absolute Gasteiger partial charge is 0.419 e. The second kappa shape index (κ2) is 6.83. The maximum Gasteiger partial charge on any atom is 0.419 e. The van der Waals surface area contributed by atoms with Crippen molar-refractivity contribution >= 4 is 16.9 Å². The normalized spacial score (nSPS) is 15.3. The predicted octanol–water partition coefficient (Wildman–Crippen LogP) is 3.05. The summed E-state index contributed by atoms with van der Waals surface area (Å²) in [5.41, 5.74) is -2.26. The van der Waals surface area contributed by atoms with Crippen molar-refractivity contribution in [3.8, 4) is 17.0 Å². The number of benzene rings is 1. The highest BCUT2D eigenvalue weighted by atomic mass is 19.4. The summed E-state index contributed by atoms with van der Waals surface area (Å²) in [7, 11) is 1.52. The molecule has 1 fully saturated rings. The van der Waals surface area contributed by atoms with Crippen molar-refractivity contribution in [2.45, 2.75) is 6.18 Å². The average Bonchev–Trinajstić information content (AvgIpc) is 3.02. The number of nitrogens with one attached hydrogen (secondary N) is 1. The third-order valence-corrected chi connectivity index (χ3v) is 4.85. The minimum Gasteiger partial charge on any atom is -0.503 e. The van der Waals surface area contributed by atoms with Crippen molar-refractivity contribution in [2.75, 3.05) is 31.1 Å². The van der Waals surface area contributed by atoms with Gasteiger partial charge in [0.25, 0.3) is 0 Å². The summed E-state index contributed by atoms with van der Waals surface area (Å²) in [6.45, 7) is 3.05. The van der Waals surface area contributed by atoms with E-state index >= 15 is 0 Å². The number of aromatic hydroxyl groups is 1. The number of nitrogens with zero attached hydrogens (tertiary/aromatic N) is 4. The van der Waals surface area contributed by atoms with E-state index in [9.17, 15) is 27.1 Å². The highest BCUT2D eigenvalue weighted by Gasteiger charge is 2.38. The summed E-state index contributed by atoms with van der Waals surface area (Å²) >= 11 is 0. The van der Waals surface area contributed by atoms with Gasteiger partial charge in [0.05, 0.1) is 5.56 Å². The topological polar surface area (TPSA) is 66.2 Å². The van der Waals surface area contributed by atoms with Crippen LogP contribution in [0.3, 0.4) is 0 Å². The van der Waals surface area contributed by atoms with Gasteiger partial charge in [-0.25, -0.2) is 18.4 Å². The van der Waals surface area contributed by atoms with Crippen LogP contribution in [-0.4, -0.2) is 46.1 Å². The van der Waals surface area contributed by atoms with Gasteiger partial charge in [0.2, 0.25) is 0 Å². The Morgan fingerprint density at radius 2 is 1.79 bits per heavy atom. The zero-order valence-electron chi connectivity index (χ0n) is 15.2. The summed E-state index contributed by atoms with van der Waals surface area (Å²) in [6.07, 6.45) is -5.11. The molecule has 3 aromatic rings. The van der Waals surface area contributed by atoms with E-state index in [0.29, 0.717) is 17.5 Å². The van der Waals surface area contributed by atoms with Crippen LogP contribution in [-0.2, 0) is 13.2 Å². The monoisotopic (exact) mass is 413 g/mol. The minimum atomic E-state index is -5.11. The largest absolute Gasteiger partial charge is 0.503 e. The molecule has 0 amide bonds. The molecule has 1 aliphatic rings. The number of hydrogen-bond acceptors (Lipinski definition) is 5. The Kier molecular flexibility index (Phi) is 4.56. The van der Waals surface area contributed by atoms with Gasteiger partial charge in [-0.3, -0.25) is 0 Å². The number of hydrogen-bond donors (Lipinski definition) is 2. The van der Waals surface area contributed by atoms with Crippen molar-refractivity contribution < 1.29 is 27.1 Å². The molecule has 0 radical (unpaired) electrons. The number of aryl methyl sites for hydroxylation is 1. The summed E-state index contributed by atoms with van der Waals surface area (Å²) < 4.78 is 68.9. The predicted molar refractivity (Wildman–Crippen MR) is 95.6 cm³/mol. The molecule has 0 bridgehead atoms. The molecule has 11 heteroatoms. The quantitative estimate of drug-likeness (QED) is 0.633. The number of aromatic nitrogens is 3. The van der Waals surface area contributed by atoms with Crippen LogP contribution < -0.4 is 10.2 Å². The first-order valence-electron chi connectivity index (χ1n) is 8.76. The maximum atomic E-state index is 14.5. The molecular formula is C18H16F5N5O. The Labute approximate surface area is 161 Å². The zero-order chi connectivity index (χ0) is 20.9. The lowest BCUT2D eigenvalue weighted by atomic mass is 10.0. The molecule has 6 nitrogen and oxygen atoms in total. The van der Waals surface area contributed by atoms with Crippen LogP contribution in [0.5, 0.6) is 5.75 Å². The molecule has 1 aliphatic heterocycles. The molecule has 2 N–H and O–H groups in total. The first-order chi connectivity index (χ1) is 13.7. The summed E-state index contributed by atoms with van der Waals surface area (Å²) in [5, 5.41) is 17.2. The van der Waals surface area contributed by atoms with Gasteiger partial charge in [-0.2, -0.15) is 18.3 Å². The Morgan fingerprint density at radius 1 is 1.10 bits per heavy atom. The average molecular weight is 413 g/mol. The molecule has 154 valence electrons. The minimum absolute atomic E-state index is 0.167. The number of alkyl halides is 3. The number of phenolic OH excluding ortho intramolecular Hbond substituents is 1. The molecule has 0 spiro atoms. The van der Waals surface area contributed by atoms with Crippen molar-refractivity contribution in [2.24, 2.45) is 7.05 Å². The second-order valence-electron chi connectivity index (χ2n) is 6.70. The van der Waals surface area contributed by atoms with Crippen molar-refractivity contribution in [1.29, 1.82) is 0 Å². The van der Waals surface area contributed by atoms with Crippen LogP contribution in [0.15, 0.2) is 18.2 Å². The number of halogens is 5. The van der Waals surface area contributed by atoms with E-state index in [1.165, 1.54) is 11.7 Å². The fourth-order valence-electron chi connectivity index (χ4n) is 3.39. The van der Waals surface area contributed by atoms with Gasteiger partial charge in [0.15, 0.2) is 23.0 Å². The molecule has 0 unspecified atom stereocenters. The van der Waals surface area contributed by atoms with Crippen LogP contribution >= 0.6 is 0 Å². The standard InChI is InChI=1S/C18H16F5N5O/c1-27-17-9(2-3-12(25-17)28-6-4-24-5-7-28)15(26-27)10-8-11(18(21,22)23)14(20)16(29)13(10)19/h2-3,8,24,29H,4-7H2,1H3. The van der Waals surface area contributed by atoms with Gasteiger partial charge in [0, 0.05) is 44.2 Å². The summed E-state index contributed by atoms with van der Waals surface area (Å²) in [5.74, 6) is -4.61. The van der Waals surface area contributed by atoms with E-state index in [1.807, 2.05) is 4.90 Å². The van der Waals surface area contributed by atoms with Gasteiger partial charge >= 0.3 is 6.18 Å². The van der Waals surface area contributed by atoms with Crippen molar-refractivity contribution in [3.05, 3.63) is 35.4 Å². The van der Waals surface area contributed by atoms with Crippen LogP contribution in [0, 0.1) is 11.6 Å². The zero-order valence-corrected chi connectivity index (χ0v) is 15.2. The molecule has 1 saturated heterocycles. The summed E-state index contributed by atoms with van der Waals surface area (Å²) in [4.78, 5) is 6.54. The first kappa shape index (κ1) is 19.4. The van der Waals surface area contributed by atoms with Gasteiger partial charge in [0.1, 0.15) is 11.5 Å². The number of anilines is 1. The van der Waals surface area contributed by atoms with Crippen molar-refractivity contribution in [1.82, 2.24) is 20.1 Å². The van der Waals surface area contributed by atoms with Crippen LogP contribution in [0.2, 0.25) is 0 Å². The lowest BCUT2D eigenvalue weighted by Gasteiger charge is -2.28. The van der Waals surface area contributed by atoms with E-state index in [2.05, 4.69) is 15.4 Å². The Morgan fingerprint density at radius 3 is 2.45 bits per heavy atom. The van der Waals surface area contributed by atoms with E-state index < -0.39 is 34.7 Å². The molecule has 0 atom stereocenters. The Bertz CT molecular complexity index is 1090. The van der Waals surface area contributed by atoms with E-state index in [0.717, 1.165) is 26.2 Å². The van der Waals surface area contributed by atoms with Crippen LogP contribution in [0.25, 0.3) is 22.3 Å². The molecule has 29 heavy (non-hydrogen) atoms. The first-order valence-corrected chi connectivity index (χ1v) is 8.76. The Balaban J connectivity index is 1.88. The van der Waals surface area contributed by atoms with Gasteiger partial charge in [-0.1, -0.05) is 0 Å². The second-order valence-corrected chi connectivity index (χ2v) is 6.70. The number of piperazine rings is 1. The molecule has 4 rings (SSSR count). The number of fused-ring (bicyclic) bond motifs is 1. The summed E-state index contributed by atoms with van der Waals surface area (Å²) in [6, 6.07) is 3.57. The number of pyridine rings is 1. The van der Waals surface area contributed by atoms with Crippen LogP contribution in [0.1, 0.15) is 5.56 Å². The Hall–Kier alpha value is -2.95. The van der Waals surface area contributed by atoms with Crippen molar-refractivity contribution in [3.63, 3.8) is 0 Å². The highest BCUT2D eigenvalue weighted by molar-refractivity contribution is 5.92. The van der Waals surface area contributed by atoms with E-state index in [4.69, 9.17) is 0 Å². The fraction of sp³-hybridized carbons (Fsp3) is 0.333. The number of rotatable bonds is 2. The molecule has 1 aromatic carbocycles. The number of phenols is 1. The van der Waals surface area contributed by atoms with E-state index in [1.54, 1.807) is 12.1 Å². The van der Waals surface area contributed by atoms with E-state index in [-0.39, 0.29) is 11.1 Å². The lowest BCUT2D eigenvalue weighted by Crippen LogP contribution is -2.43. The molecule has 0 saturated carbocycles. The van der Waals surface area contributed by atoms with Gasteiger partial charge in [-0.05, 0) is 18.2 Å². The maximum absolute atomic E-state index is 14.5. The lowest BCUT2D eigenvalue weighted by molar-refractivity contribution is -0.140. The highest BCUT2D eigenvalue weighted by Crippen LogP contribution is 2.41. The molecule has 2 aromatic heterocycles. The fourth-order valence-corrected chi connectivity index (χ4v) is 3.39.